The summed E-state index contributed by atoms with van der Waals surface area (Å²) in [6.07, 6.45) is 1.30. The minimum Gasteiger partial charge on any atom is -0.294 e. The van der Waals surface area contributed by atoms with Crippen LogP contribution < -0.4 is 5.56 Å². The number of hydrogen-bond donors (Lipinski definition) is 0. The molecular formula is C15H10F2N2O. The van der Waals surface area contributed by atoms with Crippen molar-refractivity contribution in [1.82, 2.24) is 9.55 Å². The van der Waals surface area contributed by atoms with E-state index in [9.17, 15) is 13.6 Å². The van der Waals surface area contributed by atoms with Crippen molar-refractivity contribution in [3.63, 3.8) is 0 Å². The van der Waals surface area contributed by atoms with Crippen LogP contribution in [0.25, 0.3) is 10.9 Å². The summed E-state index contributed by atoms with van der Waals surface area (Å²) in [5.41, 5.74) is 0.0905. The zero-order chi connectivity index (χ0) is 14.1. The maximum atomic E-state index is 13.6. The van der Waals surface area contributed by atoms with Gasteiger partial charge < -0.3 is 0 Å². The van der Waals surface area contributed by atoms with E-state index in [4.69, 9.17) is 0 Å². The fraction of sp³-hybridized carbons (Fsp3) is 0.0667. The molecule has 3 nitrogen and oxygen atoms in total. The summed E-state index contributed by atoms with van der Waals surface area (Å²) in [5.74, 6) is -1.35. The van der Waals surface area contributed by atoms with Gasteiger partial charge in [0.1, 0.15) is 11.6 Å². The highest BCUT2D eigenvalue weighted by Crippen LogP contribution is 2.13. The molecule has 0 aliphatic heterocycles. The third kappa shape index (κ3) is 2.07. The van der Waals surface area contributed by atoms with Crippen molar-refractivity contribution in [3.8, 4) is 0 Å². The predicted octanol–water partition coefficient (Wildman–Crippen LogP) is 2.72. The molecule has 100 valence electrons. The molecule has 0 N–H and O–H groups in total. The Morgan fingerprint density at radius 3 is 2.45 bits per heavy atom. The highest BCUT2D eigenvalue weighted by atomic mass is 19.1. The number of fused-ring (bicyclic) bond motifs is 1. The first-order valence-corrected chi connectivity index (χ1v) is 6.04. The average molecular weight is 272 g/mol. The summed E-state index contributed by atoms with van der Waals surface area (Å²) in [6, 6.07) is 10.5. The molecule has 1 heterocycles. The second-order valence-electron chi connectivity index (χ2n) is 4.39. The molecule has 0 amide bonds. The van der Waals surface area contributed by atoms with Crippen LogP contribution in [-0.2, 0) is 6.54 Å². The first kappa shape index (κ1) is 12.5. The van der Waals surface area contributed by atoms with Crippen LogP contribution >= 0.6 is 0 Å². The summed E-state index contributed by atoms with van der Waals surface area (Å²) in [6.45, 7) is -0.185. The Balaban J connectivity index is 2.12. The molecule has 0 aliphatic carbocycles. The average Bonchev–Trinajstić information content (AvgIpc) is 2.45. The maximum absolute atomic E-state index is 13.6. The summed E-state index contributed by atoms with van der Waals surface area (Å²) >= 11 is 0. The molecule has 0 aliphatic rings. The van der Waals surface area contributed by atoms with Gasteiger partial charge in [-0.3, -0.25) is 9.36 Å². The lowest BCUT2D eigenvalue weighted by atomic mass is 10.2. The molecule has 2 aromatic carbocycles. The third-order valence-electron chi connectivity index (χ3n) is 3.12. The molecular weight excluding hydrogens is 262 g/mol. The molecule has 0 unspecified atom stereocenters. The molecule has 0 radical (unpaired) electrons. The van der Waals surface area contributed by atoms with Crippen molar-refractivity contribution in [2.75, 3.05) is 0 Å². The number of rotatable bonds is 2. The molecule has 1 aromatic heterocycles. The maximum Gasteiger partial charge on any atom is 0.261 e. The van der Waals surface area contributed by atoms with E-state index in [1.807, 2.05) is 0 Å². The van der Waals surface area contributed by atoms with E-state index in [1.54, 1.807) is 24.3 Å². The fourth-order valence-corrected chi connectivity index (χ4v) is 2.07. The summed E-state index contributed by atoms with van der Waals surface area (Å²) in [7, 11) is 0. The SMILES string of the molecule is O=c1c2ccccc2ncn1Cc1c(F)cccc1F. The highest BCUT2D eigenvalue weighted by molar-refractivity contribution is 5.76. The van der Waals surface area contributed by atoms with Crippen LogP contribution in [0.4, 0.5) is 8.78 Å². The predicted molar refractivity (Wildman–Crippen MR) is 71.5 cm³/mol. The van der Waals surface area contributed by atoms with Crippen molar-refractivity contribution in [1.29, 1.82) is 0 Å². The number of hydrogen-bond acceptors (Lipinski definition) is 2. The zero-order valence-electron chi connectivity index (χ0n) is 10.4. The largest absolute Gasteiger partial charge is 0.294 e. The highest BCUT2D eigenvalue weighted by Gasteiger charge is 2.11. The van der Waals surface area contributed by atoms with Gasteiger partial charge in [0.2, 0.25) is 0 Å². The Bertz CT molecular complexity index is 822. The Kier molecular flexibility index (Phi) is 3.02. The molecule has 0 saturated carbocycles. The molecule has 20 heavy (non-hydrogen) atoms. The molecule has 0 atom stereocenters. The van der Waals surface area contributed by atoms with Gasteiger partial charge >= 0.3 is 0 Å². The van der Waals surface area contributed by atoms with Crippen LogP contribution in [0.2, 0.25) is 0 Å². The van der Waals surface area contributed by atoms with Crippen molar-refractivity contribution in [3.05, 3.63) is 76.3 Å². The third-order valence-corrected chi connectivity index (χ3v) is 3.12. The van der Waals surface area contributed by atoms with Gasteiger partial charge in [-0.25, -0.2) is 13.8 Å². The molecule has 3 aromatic rings. The van der Waals surface area contributed by atoms with E-state index in [0.29, 0.717) is 10.9 Å². The topological polar surface area (TPSA) is 34.9 Å². The standard InChI is InChI=1S/C15H10F2N2O/c16-12-5-3-6-13(17)11(12)8-19-9-18-14-7-2-1-4-10(14)15(19)20/h1-7,9H,8H2. The minimum absolute atomic E-state index is 0.147. The monoisotopic (exact) mass is 272 g/mol. The van der Waals surface area contributed by atoms with Gasteiger partial charge in [0.25, 0.3) is 5.56 Å². The van der Waals surface area contributed by atoms with Crippen LogP contribution in [0, 0.1) is 11.6 Å². The molecule has 3 rings (SSSR count). The first-order valence-electron chi connectivity index (χ1n) is 6.04. The van der Waals surface area contributed by atoms with Crippen LogP contribution in [-0.4, -0.2) is 9.55 Å². The van der Waals surface area contributed by atoms with Gasteiger partial charge in [0.05, 0.1) is 23.8 Å². The summed E-state index contributed by atoms with van der Waals surface area (Å²) in [5, 5.41) is 0.423. The normalized spacial score (nSPS) is 10.9. The number of aromatic nitrogens is 2. The Hall–Kier alpha value is -2.56. The van der Waals surface area contributed by atoms with E-state index >= 15 is 0 Å². The molecule has 0 bridgehead atoms. The lowest BCUT2D eigenvalue weighted by Crippen LogP contribution is -2.22. The van der Waals surface area contributed by atoms with E-state index in [1.165, 1.54) is 17.0 Å². The van der Waals surface area contributed by atoms with Gasteiger partial charge in [-0.05, 0) is 24.3 Å². The van der Waals surface area contributed by atoms with Crippen molar-refractivity contribution < 1.29 is 8.78 Å². The van der Waals surface area contributed by atoms with E-state index < -0.39 is 11.6 Å². The van der Waals surface area contributed by atoms with Gasteiger partial charge in [0.15, 0.2) is 0 Å². The first-order chi connectivity index (χ1) is 9.66. The van der Waals surface area contributed by atoms with Gasteiger partial charge in [-0.15, -0.1) is 0 Å². The molecule has 0 spiro atoms. The molecule has 0 saturated heterocycles. The van der Waals surface area contributed by atoms with Crippen LogP contribution in [0.5, 0.6) is 0 Å². The van der Waals surface area contributed by atoms with Gasteiger partial charge in [-0.1, -0.05) is 18.2 Å². The lowest BCUT2D eigenvalue weighted by molar-refractivity contribution is 0.541. The van der Waals surface area contributed by atoms with E-state index in [-0.39, 0.29) is 17.7 Å². The van der Waals surface area contributed by atoms with E-state index in [2.05, 4.69) is 4.98 Å². The van der Waals surface area contributed by atoms with Crippen molar-refractivity contribution in [2.45, 2.75) is 6.54 Å². The van der Waals surface area contributed by atoms with Crippen LogP contribution in [0.15, 0.2) is 53.6 Å². The van der Waals surface area contributed by atoms with Gasteiger partial charge in [0, 0.05) is 5.56 Å². The number of benzene rings is 2. The van der Waals surface area contributed by atoms with Crippen molar-refractivity contribution >= 4 is 10.9 Å². The number of nitrogens with zero attached hydrogens (tertiary/aromatic N) is 2. The second kappa shape index (κ2) is 4.85. The smallest absolute Gasteiger partial charge is 0.261 e. The summed E-state index contributed by atoms with van der Waals surface area (Å²) in [4.78, 5) is 16.3. The lowest BCUT2D eigenvalue weighted by Gasteiger charge is -2.08. The minimum atomic E-state index is -0.676. The second-order valence-corrected chi connectivity index (χ2v) is 4.39. The zero-order valence-corrected chi connectivity index (χ0v) is 10.4. The molecule has 0 fully saturated rings. The van der Waals surface area contributed by atoms with E-state index in [0.717, 1.165) is 12.1 Å². The molecule has 5 heteroatoms. The Labute approximate surface area is 113 Å². The van der Waals surface area contributed by atoms with Gasteiger partial charge in [-0.2, -0.15) is 0 Å². The quantitative estimate of drug-likeness (QED) is 0.719. The Morgan fingerprint density at radius 2 is 1.70 bits per heavy atom. The number of para-hydroxylation sites is 1. The Morgan fingerprint density at radius 1 is 1.00 bits per heavy atom. The fourth-order valence-electron chi connectivity index (χ4n) is 2.07. The summed E-state index contributed by atoms with van der Waals surface area (Å²) < 4.78 is 28.4. The number of halogens is 2. The van der Waals surface area contributed by atoms with Crippen molar-refractivity contribution in [2.24, 2.45) is 0 Å². The van der Waals surface area contributed by atoms with Crippen LogP contribution in [0.3, 0.4) is 0 Å². The van der Waals surface area contributed by atoms with Crippen LogP contribution in [0.1, 0.15) is 5.56 Å².